The Balaban J connectivity index is 2.59. The predicted molar refractivity (Wildman–Crippen MR) is 68.0 cm³/mol. The Hall–Kier alpha value is -1.42. The number of hydrogen-bond donors (Lipinski definition) is 2. The Morgan fingerprint density at radius 1 is 1.53 bits per heavy atom. The number of anilines is 1. The molecule has 0 aliphatic rings. The molecular weight excluding hydrogens is 242 g/mol. The summed E-state index contributed by atoms with van der Waals surface area (Å²) in [6, 6.07) is 5.30. The zero-order chi connectivity index (χ0) is 12.8. The lowest BCUT2D eigenvalue weighted by Crippen LogP contribution is -2.08. The fourth-order valence-electron chi connectivity index (χ4n) is 1.27. The van der Waals surface area contributed by atoms with E-state index in [0.717, 1.165) is 5.69 Å². The minimum absolute atomic E-state index is 0.0679. The molecule has 0 heterocycles. The van der Waals surface area contributed by atoms with Gasteiger partial charge < -0.3 is 15.2 Å². The van der Waals surface area contributed by atoms with Gasteiger partial charge in [0.2, 0.25) is 0 Å². The zero-order valence-corrected chi connectivity index (χ0v) is 10.6. The molecule has 0 radical (unpaired) electrons. The number of aliphatic carboxylic acids is 1. The molecule has 0 aliphatic carbocycles. The lowest BCUT2D eigenvalue weighted by Gasteiger charge is -2.12. The minimum Gasteiger partial charge on any atom is -0.489 e. The molecule has 0 unspecified atom stereocenters. The molecule has 0 spiro atoms. The molecule has 17 heavy (non-hydrogen) atoms. The largest absolute Gasteiger partial charge is 0.489 e. The summed E-state index contributed by atoms with van der Waals surface area (Å²) in [6.45, 7) is 4.22. The molecule has 0 fully saturated rings. The van der Waals surface area contributed by atoms with Crippen molar-refractivity contribution in [3.05, 3.63) is 23.2 Å². The predicted octanol–water partition coefficient (Wildman–Crippen LogP) is 3.01. The van der Waals surface area contributed by atoms with Gasteiger partial charge in [0.25, 0.3) is 0 Å². The van der Waals surface area contributed by atoms with Crippen LogP contribution < -0.4 is 10.1 Å². The first kappa shape index (κ1) is 13.6. The molecule has 0 aromatic heterocycles. The van der Waals surface area contributed by atoms with Crippen molar-refractivity contribution in [1.82, 2.24) is 0 Å². The lowest BCUT2D eigenvalue weighted by atomic mass is 10.3. The first-order valence-corrected chi connectivity index (χ1v) is 5.78. The maximum Gasteiger partial charge on any atom is 0.305 e. The monoisotopic (exact) mass is 257 g/mol. The zero-order valence-electron chi connectivity index (χ0n) is 9.87. The van der Waals surface area contributed by atoms with Gasteiger partial charge in [0.1, 0.15) is 5.75 Å². The number of carboxylic acid groups (broad SMARTS) is 1. The highest BCUT2D eigenvalue weighted by molar-refractivity contribution is 6.32. The number of carboxylic acids is 1. The Kier molecular flexibility index (Phi) is 5.10. The highest BCUT2D eigenvalue weighted by Crippen LogP contribution is 2.28. The van der Waals surface area contributed by atoms with E-state index in [9.17, 15) is 4.79 Å². The van der Waals surface area contributed by atoms with Crippen LogP contribution in [-0.2, 0) is 4.79 Å². The Morgan fingerprint density at radius 2 is 2.24 bits per heavy atom. The smallest absolute Gasteiger partial charge is 0.305 e. The normalized spacial score (nSPS) is 10.4. The molecule has 2 N–H and O–H groups in total. The Bertz CT molecular complexity index is 393. The van der Waals surface area contributed by atoms with Crippen LogP contribution in [-0.4, -0.2) is 23.7 Å². The van der Waals surface area contributed by atoms with Crippen molar-refractivity contribution in [2.75, 3.05) is 11.9 Å². The second kappa shape index (κ2) is 6.35. The van der Waals surface area contributed by atoms with Gasteiger partial charge in [0, 0.05) is 12.2 Å². The molecule has 0 saturated heterocycles. The molecule has 0 bridgehead atoms. The molecule has 1 aromatic carbocycles. The van der Waals surface area contributed by atoms with Gasteiger partial charge in [0.15, 0.2) is 0 Å². The van der Waals surface area contributed by atoms with Crippen molar-refractivity contribution in [1.29, 1.82) is 0 Å². The van der Waals surface area contributed by atoms with E-state index in [2.05, 4.69) is 5.32 Å². The average Bonchev–Trinajstić information content (AvgIpc) is 2.21. The van der Waals surface area contributed by atoms with Crippen molar-refractivity contribution in [3.63, 3.8) is 0 Å². The molecule has 1 aromatic rings. The summed E-state index contributed by atoms with van der Waals surface area (Å²) in [5.74, 6) is -0.200. The SMILES string of the molecule is CC(C)Oc1ccc(NCCC(=O)O)cc1Cl. The van der Waals surface area contributed by atoms with Gasteiger partial charge in [-0.2, -0.15) is 0 Å². The first-order chi connectivity index (χ1) is 7.99. The fourth-order valence-corrected chi connectivity index (χ4v) is 1.50. The van der Waals surface area contributed by atoms with Gasteiger partial charge in [-0.15, -0.1) is 0 Å². The number of hydrogen-bond acceptors (Lipinski definition) is 3. The van der Waals surface area contributed by atoms with Gasteiger partial charge in [0.05, 0.1) is 17.5 Å². The van der Waals surface area contributed by atoms with E-state index in [1.54, 1.807) is 12.1 Å². The third-order valence-corrected chi connectivity index (χ3v) is 2.26. The summed E-state index contributed by atoms with van der Waals surface area (Å²) in [5, 5.41) is 12.0. The quantitative estimate of drug-likeness (QED) is 0.823. The van der Waals surface area contributed by atoms with Gasteiger partial charge in [-0.25, -0.2) is 0 Å². The second-order valence-electron chi connectivity index (χ2n) is 3.88. The van der Waals surface area contributed by atoms with Crippen molar-refractivity contribution in [3.8, 4) is 5.75 Å². The van der Waals surface area contributed by atoms with Crippen LogP contribution in [0, 0.1) is 0 Å². The van der Waals surface area contributed by atoms with Crippen molar-refractivity contribution >= 4 is 23.3 Å². The third kappa shape index (κ3) is 4.95. The van der Waals surface area contributed by atoms with Gasteiger partial charge in [-0.05, 0) is 32.0 Å². The third-order valence-electron chi connectivity index (χ3n) is 1.96. The molecule has 5 heteroatoms. The maximum atomic E-state index is 10.3. The summed E-state index contributed by atoms with van der Waals surface area (Å²) in [7, 11) is 0. The minimum atomic E-state index is -0.830. The van der Waals surface area contributed by atoms with Crippen LogP contribution in [0.15, 0.2) is 18.2 Å². The van der Waals surface area contributed by atoms with Crippen molar-refractivity contribution < 1.29 is 14.6 Å². The summed E-state index contributed by atoms with van der Waals surface area (Å²) in [4.78, 5) is 10.3. The molecule has 0 aliphatic heterocycles. The summed E-state index contributed by atoms with van der Waals surface area (Å²) >= 11 is 6.03. The molecule has 1 rings (SSSR count). The lowest BCUT2D eigenvalue weighted by molar-refractivity contribution is -0.136. The fraction of sp³-hybridized carbons (Fsp3) is 0.417. The van der Waals surface area contributed by atoms with Crippen LogP contribution >= 0.6 is 11.6 Å². The highest BCUT2D eigenvalue weighted by Gasteiger charge is 2.05. The van der Waals surface area contributed by atoms with Crippen LogP contribution in [0.25, 0.3) is 0 Å². The molecule has 94 valence electrons. The van der Waals surface area contributed by atoms with Gasteiger partial charge in [-0.3, -0.25) is 4.79 Å². The topological polar surface area (TPSA) is 58.6 Å². The van der Waals surface area contributed by atoms with E-state index < -0.39 is 5.97 Å². The summed E-state index contributed by atoms with van der Waals surface area (Å²) in [6.07, 6.45) is 0.139. The Labute approximate surface area is 106 Å². The summed E-state index contributed by atoms with van der Waals surface area (Å²) in [5.41, 5.74) is 0.785. The highest BCUT2D eigenvalue weighted by atomic mass is 35.5. The van der Waals surface area contributed by atoms with Gasteiger partial charge in [-0.1, -0.05) is 11.6 Å². The van der Waals surface area contributed by atoms with E-state index in [1.807, 2.05) is 19.9 Å². The van der Waals surface area contributed by atoms with E-state index in [4.69, 9.17) is 21.4 Å². The van der Waals surface area contributed by atoms with E-state index >= 15 is 0 Å². The second-order valence-corrected chi connectivity index (χ2v) is 4.29. The molecule has 0 atom stereocenters. The Morgan fingerprint density at radius 3 is 2.76 bits per heavy atom. The standard InChI is InChI=1S/C12H16ClNO3/c1-8(2)17-11-4-3-9(7-10(11)13)14-6-5-12(15)16/h3-4,7-8,14H,5-6H2,1-2H3,(H,15,16). The summed E-state index contributed by atoms with van der Waals surface area (Å²) < 4.78 is 5.49. The van der Waals surface area contributed by atoms with E-state index in [-0.39, 0.29) is 12.5 Å². The van der Waals surface area contributed by atoms with E-state index in [1.165, 1.54) is 0 Å². The molecule has 4 nitrogen and oxygen atoms in total. The van der Waals surface area contributed by atoms with Crippen LogP contribution in [0.1, 0.15) is 20.3 Å². The number of halogens is 1. The molecule has 0 amide bonds. The maximum absolute atomic E-state index is 10.3. The van der Waals surface area contributed by atoms with Crippen LogP contribution in [0.2, 0.25) is 5.02 Å². The van der Waals surface area contributed by atoms with Crippen LogP contribution in [0.5, 0.6) is 5.75 Å². The van der Waals surface area contributed by atoms with E-state index in [0.29, 0.717) is 17.3 Å². The number of benzene rings is 1. The molecule has 0 saturated carbocycles. The first-order valence-electron chi connectivity index (χ1n) is 5.41. The van der Waals surface area contributed by atoms with Gasteiger partial charge >= 0.3 is 5.97 Å². The van der Waals surface area contributed by atoms with Crippen LogP contribution in [0.4, 0.5) is 5.69 Å². The van der Waals surface area contributed by atoms with Crippen LogP contribution in [0.3, 0.4) is 0 Å². The number of ether oxygens (including phenoxy) is 1. The molecular formula is C12H16ClNO3. The average molecular weight is 258 g/mol. The number of carbonyl (C=O) groups is 1. The number of nitrogens with one attached hydrogen (secondary N) is 1. The number of rotatable bonds is 6. The van der Waals surface area contributed by atoms with Crippen molar-refractivity contribution in [2.24, 2.45) is 0 Å². The van der Waals surface area contributed by atoms with Crippen molar-refractivity contribution in [2.45, 2.75) is 26.4 Å².